The number of nitrogens with zero attached hydrogens (tertiary/aromatic N) is 3. The van der Waals surface area contributed by atoms with Gasteiger partial charge >= 0.3 is 12.1 Å². The van der Waals surface area contributed by atoms with Crippen LogP contribution in [0.4, 0.5) is 10.5 Å². The van der Waals surface area contributed by atoms with Gasteiger partial charge < -0.3 is 23.8 Å². The molecule has 0 atom stereocenters. The smallest absolute Gasteiger partial charge is 0.491 e. The third-order valence-electron chi connectivity index (χ3n) is 6.97. The summed E-state index contributed by atoms with van der Waals surface area (Å²) in [6.07, 6.45) is 5.22. The van der Waals surface area contributed by atoms with E-state index in [1.807, 2.05) is 0 Å². The molecule has 1 aromatic heterocycles. The second-order valence-corrected chi connectivity index (χ2v) is 10.4. The first-order valence-electron chi connectivity index (χ1n) is 13.9. The molecule has 3 aromatic rings. The highest BCUT2D eigenvalue weighted by Gasteiger charge is 2.21. The quantitative estimate of drug-likeness (QED) is 0.185. The highest BCUT2D eigenvalue weighted by molar-refractivity contribution is 6.33. The van der Waals surface area contributed by atoms with Gasteiger partial charge in [0.1, 0.15) is 11.9 Å². The second kappa shape index (κ2) is 15.0. The van der Waals surface area contributed by atoms with Crippen LogP contribution in [0.1, 0.15) is 60.1 Å². The number of aryl methyl sites for hydroxylation is 1. The van der Waals surface area contributed by atoms with Crippen LogP contribution in [0.2, 0.25) is 5.02 Å². The standard InChI is InChI=1S/C32H32ClN3O7/c1-21-16-23(18-34)26(19-35-21)25-17-22(12-13-27(25)33)31(38)36(2)28-10-6-7-11-29(28)40-15-14-30(37)41-20-42-32(39)43-24-8-4-3-5-9-24/h6-7,10-13,16-17,19,24H,3-5,8-9,14-15,20H2,1-2H3. The molecule has 4 rings (SSSR count). The lowest BCUT2D eigenvalue weighted by atomic mass is 9.98. The van der Waals surface area contributed by atoms with Crippen LogP contribution in [0, 0.1) is 18.3 Å². The van der Waals surface area contributed by atoms with Gasteiger partial charge in [-0.05, 0) is 69.0 Å². The highest BCUT2D eigenvalue weighted by atomic mass is 35.5. The molecule has 1 saturated carbocycles. The first-order chi connectivity index (χ1) is 20.8. The van der Waals surface area contributed by atoms with E-state index in [9.17, 15) is 19.6 Å². The number of aromatic nitrogens is 1. The van der Waals surface area contributed by atoms with Crippen LogP contribution in [0.15, 0.2) is 54.7 Å². The number of rotatable bonds is 10. The number of ether oxygens (including phenoxy) is 4. The van der Waals surface area contributed by atoms with E-state index < -0.39 is 18.9 Å². The van der Waals surface area contributed by atoms with Crippen LogP contribution in [-0.4, -0.2) is 49.6 Å². The van der Waals surface area contributed by atoms with Crippen LogP contribution < -0.4 is 9.64 Å². The van der Waals surface area contributed by atoms with Gasteiger partial charge in [-0.2, -0.15) is 5.26 Å². The Labute approximate surface area is 255 Å². The Balaban J connectivity index is 1.33. The molecule has 0 bridgehead atoms. The van der Waals surface area contributed by atoms with Gasteiger partial charge in [0, 0.05) is 40.7 Å². The molecule has 0 saturated heterocycles. The number of benzene rings is 2. The van der Waals surface area contributed by atoms with E-state index in [2.05, 4.69) is 11.1 Å². The summed E-state index contributed by atoms with van der Waals surface area (Å²) in [4.78, 5) is 43.1. The number of esters is 1. The average Bonchev–Trinajstić information content (AvgIpc) is 3.01. The van der Waals surface area contributed by atoms with Crippen molar-refractivity contribution in [2.75, 3.05) is 25.3 Å². The van der Waals surface area contributed by atoms with E-state index in [1.54, 1.807) is 68.7 Å². The zero-order valence-corrected chi connectivity index (χ0v) is 24.8. The summed E-state index contributed by atoms with van der Waals surface area (Å²) < 4.78 is 20.8. The number of pyridine rings is 1. The van der Waals surface area contributed by atoms with E-state index >= 15 is 0 Å². The van der Waals surface area contributed by atoms with Crippen molar-refractivity contribution in [3.63, 3.8) is 0 Å². The number of nitriles is 1. The number of carbonyl (C=O) groups excluding carboxylic acids is 3. The lowest BCUT2D eigenvalue weighted by Gasteiger charge is -2.21. The molecular weight excluding hydrogens is 574 g/mol. The summed E-state index contributed by atoms with van der Waals surface area (Å²) in [5.41, 5.74) is 2.94. The molecule has 1 aliphatic carbocycles. The molecule has 11 heteroatoms. The van der Waals surface area contributed by atoms with E-state index in [0.29, 0.717) is 44.4 Å². The molecule has 0 unspecified atom stereocenters. The fraction of sp³-hybridized carbons (Fsp3) is 0.344. The maximum atomic E-state index is 13.5. The predicted molar refractivity (Wildman–Crippen MR) is 159 cm³/mol. The van der Waals surface area contributed by atoms with Crippen molar-refractivity contribution in [3.05, 3.63) is 76.6 Å². The molecule has 224 valence electrons. The Morgan fingerprint density at radius 3 is 2.58 bits per heavy atom. The van der Waals surface area contributed by atoms with Crippen LogP contribution in [0.25, 0.3) is 11.1 Å². The molecular formula is C32H32ClN3O7. The number of anilines is 1. The molecule has 43 heavy (non-hydrogen) atoms. The van der Waals surface area contributed by atoms with Crippen molar-refractivity contribution in [2.24, 2.45) is 0 Å². The predicted octanol–water partition coefficient (Wildman–Crippen LogP) is 6.61. The third-order valence-corrected chi connectivity index (χ3v) is 7.30. The monoisotopic (exact) mass is 605 g/mol. The van der Waals surface area contributed by atoms with Crippen molar-refractivity contribution in [2.45, 2.75) is 51.6 Å². The Morgan fingerprint density at radius 2 is 1.81 bits per heavy atom. The minimum atomic E-state index is -0.855. The highest BCUT2D eigenvalue weighted by Crippen LogP contribution is 2.33. The molecule has 0 spiro atoms. The fourth-order valence-electron chi connectivity index (χ4n) is 4.70. The molecule has 1 fully saturated rings. The van der Waals surface area contributed by atoms with E-state index in [0.717, 1.165) is 32.1 Å². The van der Waals surface area contributed by atoms with Crippen LogP contribution >= 0.6 is 11.6 Å². The van der Waals surface area contributed by atoms with Gasteiger partial charge in [-0.25, -0.2) is 4.79 Å². The normalized spacial score (nSPS) is 13.0. The Morgan fingerprint density at radius 1 is 1.05 bits per heavy atom. The van der Waals surface area contributed by atoms with E-state index in [4.69, 9.17) is 30.5 Å². The second-order valence-electron chi connectivity index (χ2n) is 10.0. The Hall–Kier alpha value is -4.62. The molecule has 1 amide bonds. The Bertz CT molecular complexity index is 1520. The van der Waals surface area contributed by atoms with E-state index in [1.165, 1.54) is 4.90 Å². The largest absolute Gasteiger partial charge is 0.511 e. The number of hydrogen-bond donors (Lipinski definition) is 0. The summed E-state index contributed by atoms with van der Waals surface area (Å²) in [5, 5.41) is 9.98. The summed E-state index contributed by atoms with van der Waals surface area (Å²) in [5.74, 6) is -0.588. The number of halogens is 1. The maximum Gasteiger partial charge on any atom is 0.511 e. The average molecular weight is 606 g/mol. The first-order valence-corrected chi connectivity index (χ1v) is 14.3. The van der Waals surface area contributed by atoms with Crippen LogP contribution in [-0.2, 0) is 19.0 Å². The van der Waals surface area contributed by atoms with Gasteiger partial charge in [0.15, 0.2) is 0 Å². The van der Waals surface area contributed by atoms with Crippen LogP contribution in [0.5, 0.6) is 5.75 Å². The van der Waals surface area contributed by atoms with Crippen LogP contribution in [0.3, 0.4) is 0 Å². The van der Waals surface area contributed by atoms with Crippen molar-refractivity contribution < 1.29 is 33.3 Å². The fourth-order valence-corrected chi connectivity index (χ4v) is 4.92. The third kappa shape index (κ3) is 8.46. The number of carbonyl (C=O) groups is 3. The van der Waals surface area contributed by atoms with Crippen molar-refractivity contribution >= 4 is 35.3 Å². The molecule has 0 N–H and O–H groups in total. The summed E-state index contributed by atoms with van der Waals surface area (Å²) in [7, 11) is 1.60. The minimum absolute atomic E-state index is 0.0349. The molecule has 0 aliphatic heterocycles. The Kier molecular flexibility index (Phi) is 10.9. The van der Waals surface area contributed by atoms with Crippen molar-refractivity contribution in [3.8, 4) is 22.9 Å². The van der Waals surface area contributed by atoms with Crippen molar-refractivity contribution in [1.29, 1.82) is 5.26 Å². The van der Waals surface area contributed by atoms with Gasteiger partial charge in [0.25, 0.3) is 5.91 Å². The summed E-state index contributed by atoms with van der Waals surface area (Å²) >= 11 is 6.44. The number of amides is 1. The summed E-state index contributed by atoms with van der Waals surface area (Å²) in [6, 6.07) is 15.5. The van der Waals surface area contributed by atoms with Gasteiger partial charge in [0.05, 0.1) is 30.3 Å². The van der Waals surface area contributed by atoms with Gasteiger partial charge in [-0.15, -0.1) is 0 Å². The van der Waals surface area contributed by atoms with Gasteiger partial charge in [0.2, 0.25) is 6.79 Å². The first kappa shape index (κ1) is 31.3. The zero-order valence-electron chi connectivity index (χ0n) is 24.0. The maximum absolute atomic E-state index is 13.5. The lowest BCUT2D eigenvalue weighted by Crippen LogP contribution is -2.27. The van der Waals surface area contributed by atoms with Gasteiger partial charge in [-0.1, -0.05) is 30.2 Å². The molecule has 1 aliphatic rings. The summed E-state index contributed by atoms with van der Waals surface area (Å²) in [6.45, 7) is 1.21. The number of para-hydroxylation sites is 2. The molecule has 2 aromatic carbocycles. The SMILES string of the molecule is Cc1cc(C#N)c(-c2cc(C(=O)N(C)c3ccccc3OCCC(=O)OCOC(=O)OC3CCCCC3)ccc2Cl)cn1. The number of hydrogen-bond acceptors (Lipinski definition) is 9. The topological polar surface area (TPSA) is 128 Å². The minimum Gasteiger partial charge on any atom is -0.491 e. The molecule has 0 radical (unpaired) electrons. The molecule has 1 heterocycles. The zero-order chi connectivity index (χ0) is 30.8. The molecule has 10 nitrogen and oxygen atoms in total. The lowest BCUT2D eigenvalue weighted by molar-refractivity contribution is -0.154. The van der Waals surface area contributed by atoms with E-state index in [-0.39, 0.29) is 25.0 Å². The van der Waals surface area contributed by atoms with Crippen molar-refractivity contribution in [1.82, 2.24) is 4.98 Å². The van der Waals surface area contributed by atoms with Gasteiger partial charge in [-0.3, -0.25) is 14.6 Å².